The molecule has 0 bridgehead atoms. The second kappa shape index (κ2) is 4.72. The van der Waals surface area contributed by atoms with Crippen molar-refractivity contribution in [1.82, 2.24) is 0 Å². The molecule has 2 aromatic carbocycles. The van der Waals surface area contributed by atoms with Crippen LogP contribution in [0.5, 0.6) is 0 Å². The van der Waals surface area contributed by atoms with E-state index in [1.54, 1.807) is 11.3 Å². The molecule has 0 saturated carbocycles. The van der Waals surface area contributed by atoms with E-state index >= 15 is 0 Å². The Hall–Kier alpha value is -1.78. The van der Waals surface area contributed by atoms with Crippen LogP contribution in [0.4, 0.5) is 11.4 Å². The first-order valence-corrected chi connectivity index (χ1v) is 7.09. The summed E-state index contributed by atoms with van der Waals surface area (Å²) in [7, 11) is 0. The Morgan fingerprint density at radius 3 is 2.89 bits per heavy atom. The highest BCUT2D eigenvalue weighted by Crippen LogP contribution is 2.42. The van der Waals surface area contributed by atoms with Gasteiger partial charge in [-0.3, -0.25) is 0 Å². The van der Waals surface area contributed by atoms with Crippen molar-refractivity contribution in [2.75, 3.05) is 24.2 Å². The maximum absolute atomic E-state index is 8.98. The molecule has 4 N–H and O–H groups in total. The molecule has 0 aliphatic carbocycles. The first kappa shape index (κ1) is 12.3. The van der Waals surface area contributed by atoms with Crippen molar-refractivity contribution in [2.24, 2.45) is 0 Å². The van der Waals surface area contributed by atoms with Crippen LogP contribution in [0.1, 0.15) is 5.56 Å². The van der Waals surface area contributed by atoms with Crippen molar-refractivity contribution in [3.8, 4) is 0 Å². The molecule has 0 aliphatic heterocycles. The summed E-state index contributed by atoms with van der Waals surface area (Å²) in [6, 6.07) is 10.4. The number of thiophene rings is 1. The molecular weight excluding hydrogens is 256 g/mol. The number of fused-ring (bicyclic) bond motifs is 3. The summed E-state index contributed by atoms with van der Waals surface area (Å²) in [5, 5.41) is 14.6. The molecular formula is C15H16N2OS. The Bertz CT molecular complexity index is 749. The number of aliphatic hydroxyl groups excluding tert-OH is 1. The molecule has 0 aliphatic rings. The molecule has 1 heterocycles. The maximum atomic E-state index is 8.98. The molecule has 98 valence electrons. The smallest absolute Gasteiger partial charge is 0.0607 e. The molecule has 3 rings (SSSR count). The zero-order chi connectivity index (χ0) is 13.4. The van der Waals surface area contributed by atoms with Crippen molar-refractivity contribution in [1.29, 1.82) is 0 Å². The average molecular weight is 272 g/mol. The molecule has 0 spiro atoms. The normalized spacial score (nSPS) is 11.3. The molecule has 3 nitrogen and oxygen atoms in total. The van der Waals surface area contributed by atoms with Gasteiger partial charge in [0.15, 0.2) is 0 Å². The summed E-state index contributed by atoms with van der Waals surface area (Å²) in [6.45, 7) is 2.69. The summed E-state index contributed by atoms with van der Waals surface area (Å²) < 4.78 is 2.40. The number of nitrogens with one attached hydrogen (secondary N) is 1. The highest BCUT2D eigenvalue weighted by atomic mass is 32.1. The van der Waals surface area contributed by atoms with Gasteiger partial charge >= 0.3 is 0 Å². The van der Waals surface area contributed by atoms with Crippen LogP contribution in [0.3, 0.4) is 0 Å². The van der Waals surface area contributed by atoms with Gasteiger partial charge in [0.1, 0.15) is 0 Å². The van der Waals surface area contributed by atoms with Gasteiger partial charge in [0.25, 0.3) is 0 Å². The van der Waals surface area contributed by atoms with Gasteiger partial charge < -0.3 is 16.2 Å². The lowest BCUT2D eigenvalue weighted by atomic mass is 10.1. The molecule has 0 radical (unpaired) electrons. The molecule has 0 unspecified atom stereocenters. The van der Waals surface area contributed by atoms with Crippen molar-refractivity contribution >= 4 is 42.9 Å². The molecule has 0 amide bonds. The Morgan fingerprint density at radius 2 is 2.11 bits per heavy atom. The predicted octanol–water partition coefficient (Wildman–Crippen LogP) is 3.35. The summed E-state index contributed by atoms with van der Waals surface area (Å²) in [6.07, 6.45) is 0. The second-order valence-corrected chi connectivity index (χ2v) is 5.66. The molecule has 0 fully saturated rings. The van der Waals surface area contributed by atoms with Gasteiger partial charge in [0.2, 0.25) is 0 Å². The number of hydrogen-bond acceptors (Lipinski definition) is 4. The minimum Gasteiger partial charge on any atom is -0.398 e. The van der Waals surface area contributed by atoms with Crippen molar-refractivity contribution in [2.45, 2.75) is 6.92 Å². The predicted molar refractivity (Wildman–Crippen MR) is 84.1 cm³/mol. The van der Waals surface area contributed by atoms with Crippen LogP contribution in [-0.4, -0.2) is 18.3 Å². The van der Waals surface area contributed by atoms with E-state index in [-0.39, 0.29) is 6.61 Å². The van der Waals surface area contributed by atoms with Crippen LogP contribution in [0.25, 0.3) is 20.2 Å². The fourth-order valence-corrected chi connectivity index (χ4v) is 3.59. The SMILES string of the molecule is Cc1cc(NCCO)c2sc3ccccc3c2c1N. The average Bonchev–Trinajstić information content (AvgIpc) is 2.81. The minimum absolute atomic E-state index is 0.121. The van der Waals surface area contributed by atoms with Crippen molar-refractivity contribution < 1.29 is 5.11 Å². The highest BCUT2D eigenvalue weighted by Gasteiger charge is 2.13. The van der Waals surface area contributed by atoms with Gasteiger partial charge in [-0.25, -0.2) is 0 Å². The van der Waals surface area contributed by atoms with Gasteiger partial charge in [-0.1, -0.05) is 18.2 Å². The zero-order valence-corrected chi connectivity index (χ0v) is 11.6. The van der Waals surface area contributed by atoms with Gasteiger partial charge in [-0.05, 0) is 24.6 Å². The second-order valence-electron chi connectivity index (χ2n) is 4.61. The van der Waals surface area contributed by atoms with Gasteiger partial charge in [-0.15, -0.1) is 11.3 Å². The topological polar surface area (TPSA) is 58.3 Å². The fraction of sp³-hybridized carbons (Fsp3) is 0.200. The standard InChI is InChI=1S/C15H16N2OS/c1-9-8-11(17-6-7-18)15-13(14(9)16)10-4-2-3-5-12(10)19-15/h2-5,8,17-18H,6-7,16H2,1H3. The van der Waals surface area contributed by atoms with Crippen LogP contribution in [-0.2, 0) is 0 Å². The van der Waals surface area contributed by atoms with Crippen LogP contribution in [0, 0.1) is 6.92 Å². The molecule has 0 atom stereocenters. The fourth-order valence-electron chi connectivity index (χ4n) is 2.38. The van der Waals surface area contributed by atoms with E-state index in [0.717, 1.165) is 27.0 Å². The summed E-state index contributed by atoms with van der Waals surface area (Å²) >= 11 is 1.74. The third kappa shape index (κ3) is 1.93. The van der Waals surface area contributed by atoms with Gasteiger partial charge in [0, 0.05) is 27.7 Å². The third-order valence-corrected chi connectivity index (χ3v) is 4.53. The van der Waals surface area contributed by atoms with Gasteiger partial charge in [0.05, 0.1) is 17.0 Å². The minimum atomic E-state index is 0.121. The molecule has 3 aromatic rings. The zero-order valence-electron chi connectivity index (χ0n) is 10.7. The Kier molecular flexibility index (Phi) is 3.05. The third-order valence-electron chi connectivity index (χ3n) is 3.32. The summed E-state index contributed by atoms with van der Waals surface area (Å²) in [5.74, 6) is 0. The molecule has 19 heavy (non-hydrogen) atoms. The van der Waals surface area contributed by atoms with E-state index < -0.39 is 0 Å². The van der Waals surface area contributed by atoms with E-state index in [9.17, 15) is 0 Å². The molecule has 0 saturated heterocycles. The van der Waals surface area contributed by atoms with Crippen LogP contribution < -0.4 is 11.1 Å². The van der Waals surface area contributed by atoms with Gasteiger partial charge in [-0.2, -0.15) is 0 Å². The molecule has 1 aromatic heterocycles. The number of benzene rings is 2. The number of anilines is 2. The Morgan fingerprint density at radius 1 is 1.32 bits per heavy atom. The highest BCUT2D eigenvalue weighted by molar-refractivity contribution is 7.26. The first-order valence-electron chi connectivity index (χ1n) is 6.27. The quantitative estimate of drug-likeness (QED) is 0.641. The van der Waals surface area contributed by atoms with Crippen LogP contribution in [0.15, 0.2) is 30.3 Å². The number of rotatable bonds is 3. The van der Waals surface area contributed by atoms with E-state index in [1.165, 1.54) is 10.1 Å². The maximum Gasteiger partial charge on any atom is 0.0607 e. The Balaban J connectivity index is 2.36. The molecule has 4 heteroatoms. The first-order chi connectivity index (χ1) is 9.22. The summed E-state index contributed by atoms with van der Waals surface area (Å²) in [4.78, 5) is 0. The van der Waals surface area contributed by atoms with E-state index in [2.05, 4.69) is 23.5 Å². The lowest BCUT2D eigenvalue weighted by Gasteiger charge is -2.10. The van der Waals surface area contributed by atoms with Crippen molar-refractivity contribution in [3.63, 3.8) is 0 Å². The largest absolute Gasteiger partial charge is 0.398 e. The number of nitrogens with two attached hydrogens (primary N) is 1. The van der Waals surface area contributed by atoms with Crippen LogP contribution in [0.2, 0.25) is 0 Å². The monoisotopic (exact) mass is 272 g/mol. The number of aryl methyl sites for hydroxylation is 1. The van der Waals surface area contributed by atoms with Crippen molar-refractivity contribution in [3.05, 3.63) is 35.9 Å². The number of hydrogen-bond donors (Lipinski definition) is 3. The summed E-state index contributed by atoms with van der Waals surface area (Å²) in [5.41, 5.74) is 9.22. The number of nitrogen functional groups attached to an aromatic ring is 1. The van der Waals surface area contributed by atoms with E-state index in [0.29, 0.717) is 6.54 Å². The Labute approximate surface area is 115 Å². The van der Waals surface area contributed by atoms with E-state index in [1.807, 2.05) is 19.1 Å². The lowest BCUT2D eigenvalue weighted by Crippen LogP contribution is -2.06. The van der Waals surface area contributed by atoms with Crippen LogP contribution >= 0.6 is 11.3 Å². The number of aliphatic hydroxyl groups is 1. The van der Waals surface area contributed by atoms with E-state index in [4.69, 9.17) is 10.8 Å². The lowest BCUT2D eigenvalue weighted by molar-refractivity contribution is 0.311.